The van der Waals surface area contributed by atoms with E-state index in [0.717, 1.165) is 6.07 Å². The van der Waals surface area contributed by atoms with Crippen molar-refractivity contribution in [1.29, 1.82) is 0 Å². The van der Waals surface area contributed by atoms with E-state index in [1.807, 2.05) is 0 Å². The van der Waals surface area contributed by atoms with Crippen molar-refractivity contribution in [3.63, 3.8) is 0 Å². The number of benzene rings is 2. The number of alkyl halides is 3. The van der Waals surface area contributed by atoms with E-state index in [9.17, 15) is 35.1 Å². The Hall–Kier alpha value is -2.93. The van der Waals surface area contributed by atoms with Gasteiger partial charge in [0.1, 0.15) is 17.2 Å². The van der Waals surface area contributed by atoms with E-state index in [2.05, 4.69) is 26.1 Å². The van der Waals surface area contributed by atoms with Crippen LogP contribution >= 0.6 is 27.5 Å². The topological polar surface area (TPSA) is 64.4 Å². The van der Waals surface area contributed by atoms with Gasteiger partial charge in [0.25, 0.3) is 0 Å². The van der Waals surface area contributed by atoms with E-state index in [1.165, 1.54) is 12.1 Å². The fourth-order valence-electron chi connectivity index (χ4n) is 2.63. The smallest absolute Gasteiger partial charge is 0.404 e. The van der Waals surface area contributed by atoms with Crippen LogP contribution in [0.1, 0.15) is 5.76 Å². The Balaban J connectivity index is 2.25. The summed E-state index contributed by atoms with van der Waals surface area (Å²) < 4.78 is 115. The second-order valence-electron chi connectivity index (χ2n) is 6.13. The van der Waals surface area contributed by atoms with Crippen molar-refractivity contribution < 1.29 is 39.6 Å². The molecule has 0 bridgehead atoms. The van der Waals surface area contributed by atoms with E-state index in [-0.39, 0.29) is 26.8 Å². The van der Waals surface area contributed by atoms with Crippen LogP contribution in [0.2, 0.25) is 5.02 Å². The summed E-state index contributed by atoms with van der Waals surface area (Å²) in [6.07, 6.45) is -5.16. The van der Waals surface area contributed by atoms with Crippen LogP contribution in [0.3, 0.4) is 0 Å². The molecular weight excluding hydrogens is 554 g/mol. The quantitative estimate of drug-likeness (QED) is 0.211. The molecule has 4 nitrogen and oxygen atoms in total. The van der Waals surface area contributed by atoms with Gasteiger partial charge in [-0.3, -0.25) is 0 Å². The summed E-state index contributed by atoms with van der Waals surface area (Å²) in [7, 11) is 0. The molecule has 3 rings (SSSR count). The van der Waals surface area contributed by atoms with Gasteiger partial charge in [-0.15, -0.1) is 0 Å². The first kappa shape index (κ1) is 24.7. The zero-order chi connectivity index (χ0) is 24.7. The molecule has 3 aromatic rings. The molecule has 0 saturated carbocycles. The molecule has 1 aromatic heterocycles. The van der Waals surface area contributed by atoms with Crippen LogP contribution in [0.15, 0.2) is 44.5 Å². The molecule has 1 heterocycles. The number of allylic oxidation sites excluding steroid dienone is 1. The normalized spacial score (nSPS) is 13.0. The Kier molecular flexibility index (Phi) is 6.84. The number of hydrogen-bond donors (Lipinski definition) is 1. The predicted octanol–water partition coefficient (Wildman–Crippen LogP) is 7.09. The summed E-state index contributed by atoms with van der Waals surface area (Å²) in [5.41, 5.74) is -0.550. The Bertz CT molecular complexity index is 1260. The van der Waals surface area contributed by atoms with E-state index in [4.69, 9.17) is 21.9 Å². The van der Waals surface area contributed by atoms with Gasteiger partial charge in [-0.2, -0.15) is 13.2 Å². The van der Waals surface area contributed by atoms with Crippen LogP contribution in [0.4, 0.5) is 40.8 Å². The van der Waals surface area contributed by atoms with Crippen molar-refractivity contribution in [2.24, 2.45) is 10.7 Å². The van der Waals surface area contributed by atoms with Gasteiger partial charge in [0.15, 0.2) is 34.7 Å². The third-order valence-electron chi connectivity index (χ3n) is 4.08. The van der Waals surface area contributed by atoms with E-state index in [1.54, 1.807) is 0 Å². The third-order valence-corrected chi connectivity index (χ3v) is 5.13. The van der Waals surface area contributed by atoms with Crippen LogP contribution in [0.25, 0.3) is 16.8 Å². The van der Waals surface area contributed by atoms with Crippen LogP contribution in [0, 0.1) is 29.1 Å². The number of hydrogen-bond acceptors (Lipinski definition) is 4. The highest BCUT2D eigenvalue weighted by Gasteiger charge is 2.42. The molecule has 0 radical (unpaired) electrons. The fraction of sp³-hybridized carbons (Fsp3) is 0.0526. The number of rotatable bonds is 4. The average molecular weight is 561 g/mol. The first-order chi connectivity index (χ1) is 15.4. The lowest BCUT2D eigenvalue weighted by Crippen LogP contribution is -2.25. The zero-order valence-electron chi connectivity index (χ0n) is 15.5. The molecule has 0 aliphatic carbocycles. The lowest BCUT2D eigenvalue weighted by molar-refractivity contribution is -0.0572. The molecule has 0 saturated heterocycles. The molecule has 14 heteroatoms. The summed E-state index contributed by atoms with van der Waals surface area (Å²) in [6.45, 7) is 0. The number of nitrogens with two attached hydrogens (primary N) is 1. The molecule has 174 valence electrons. The first-order valence-corrected chi connectivity index (χ1v) is 9.56. The van der Waals surface area contributed by atoms with Gasteiger partial charge in [-0.05, 0) is 28.1 Å². The summed E-state index contributed by atoms with van der Waals surface area (Å²) in [6, 6.07) is 3.33. The molecule has 0 fully saturated rings. The SMILES string of the molecule is NC=C(C(=Nc1c(F)c(F)cc(F)c1F)C(F)(F)F)c1onc(-c2c(F)cccc2Cl)c1Br. The van der Waals surface area contributed by atoms with Crippen LogP contribution < -0.4 is 5.73 Å². The monoisotopic (exact) mass is 559 g/mol. The molecular formula is C19H7BrClF8N3O. The molecule has 2 N–H and O–H groups in total. The fourth-order valence-corrected chi connectivity index (χ4v) is 3.44. The third kappa shape index (κ3) is 4.60. The summed E-state index contributed by atoms with van der Waals surface area (Å²) in [5.74, 6) is -10.0. The van der Waals surface area contributed by atoms with E-state index < -0.39 is 58.0 Å². The Morgan fingerprint density at radius 1 is 1.06 bits per heavy atom. The minimum Gasteiger partial charge on any atom is -0.404 e. The Labute approximate surface area is 192 Å². The molecule has 2 aromatic carbocycles. The minimum absolute atomic E-state index is 0.169. The highest BCUT2D eigenvalue weighted by molar-refractivity contribution is 9.10. The lowest BCUT2D eigenvalue weighted by Gasteiger charge is -2.13. The number of aliphatic imine (C=N–C) groups is 1. The van der Waals surface area contributed by atoms with Gasteiger partial charge in [0.2, 0.25) is 0 Å². The minimum atomic E-state index is -5.46. The molecule has 33 heavy (non-hydrogen) atoms. The zero-order valence-corrected chi connectivity index (χ0v) is 17.9. The van der Waals surface area contributed by atoms with Crippen LogP contribution in [0.5, 0.6) is 0 Å². The molecule has 0 aliphatic heterocycles. The maximum atomic E-state index is 14.2. The molecule has 0 spiro atoms. The van der Waals surface area contributed by atoms with Gasteiger partial charge in [-0.1, -0.05) is 22.8 Å². The number of nitrogens with zero attached hydrogens (tertiary/aromatic N) is 2. The van der Waals surface area contributed by atoms with E-state index in [0.29, 0.717) is 6.20 Å². The standard InChI is InChI=1S/C19H7BrClF8N3O/c20-12-15(11-7(21)2-1-3-8(11)22)32-33-17(12)6(5-30)18(19(27,28)29)31-16-13(25)9(23)4-10(24)14(16)26/h1-5H,30H2. The molecule has 0 unspecified atom stereocenters. The van der Waals surface area contributed by atoms with Gasteiger partial charge < -0.3 is 10.3 Å². The highest BCUT2D eigenvalue weighted by atomic mass is 79.9. The maximum absolute atomic E-state index is 14.2. The first-order valence-electron chi connectivity index (χ1n) is 8.39. The van der Waals surface area contributed by atoms with Gasteiger partial charge in [-0.25, -0.2) is 26.9 Å². The van der Waals surface area contributed by atoms with Gasteiger partial charge in [0, 0.05) is 12.3 Å². The number of aromatic nitrogens is 1. The van der Waals surface area contributed by atoms with Crippen molar-refractivity contribution in [2.45, 2.75) is 6.18 Å². The lowest BCUT2D eigenvalue weighted by atomic mass is 10.1. The van der Waals surface area contributed by atoms with Crippen molar-refractivity contribution in [3.05, 3.63) is 74.8 Å². The van der Waals surface area contributed by atoms with Crippen LogP contribution in [-0.4, -0.2) is 17.0 Å². The number of halogens is 10. The molecule has 0 atom stereocenters. The second-order valence-corrected chi connectivity index (χ2v) is 7.33. The van der Waals surface area contributed by atoms with Crippen LogP contribution in [-0.2, 0) is 0 Å². The van der Waals surface area contributed by atoms with E-state index >= 15 is 0 Å². The second kappa shape index (κ2) is 9.14. The van der Waals surface area contributed by atoms with Crippen molar-refractivity contribution in [2.75, 3.05) is 0 Å². The van der Waals surface area contributed by atoms with Gasteiger partial charge in [0.05, 0.1) is 20.6 Å². The predicted molar refractivity (Wildman–Crippen MR) is 106 cm³/mol. The average Bonchev–Trinajstić information content (AvgIpc) is 3.09. The van der Waals surface area contributed by atoms with Gasteiger partial charge >= 0.3 is 6.18 Å². The summed E-state index contributed by atoms with van der Waals surface area (Å²) in [4.78, 5) is 2.76. The maximum Gasteiger partial charge on any atom is 0.434 e. The summed E-state index contributed by atoms with van der Waals surface area (Å²) >= 11 is 8.83. The summed E-state index contributed by atoms with van der Waals surface area (Å²) in [5, 5.41) is 3.31. The Morgan fingerprint density at radius 3 is 2.18 bits per heavy atom. The van der Waals surface area contributed by atoms with Crippen molar-refractivity contribution in [1.82, 2.24) is 5.16 Å². The molecule has 0 aliphatic rings. The largest absolute Gasteiger partial charge is 0.434 e. The van der Waals surface area contributed by atoms with Crippen molar-refractivity contribution >= 4 is 44.5 Å². The Morgan fingerprint density at radius 2 is 1.67 bits per heavy atom. The molecule has 0 amide bonds. The van der Waals surface area contributed by atoms with Crippen molar-refractivity contribution in [3.8, 4) is 11.3 Å². The highest BCUT2D eigenvalue weighted by Crippen LogP contribution is 2.41.